The number of nitrogens with zero attached hydrogens (tertiary/aromatic N) is 7. The van der Waals surface area contributed by atoms with Gasteiger partial charge in [-0.2, -0.15) is 5.10 Å². The number of benzene rings is 1. The maximum atomic E-state index is 12.1. The molecule has 2 aromatic heterocycles. The molecule has 0 spiro atoms. The Kier molecular flexibility index (Phi) is 4.12. The van der Waals surface area contributed by atoms with Gasteiger partial charge >= 0.3 is 0 Å². The number of piperazine rings is 1. The van der Waals surface area contributed by atoms with Crippen molar-refractivity contribution in [1.29, 1.82) is 0 Å². The highest BCUT2D eigenvalue weighted by atomic mass is 16.2. The summed E-state index contributed by atoms with van der Waals surface area (Å²) in [6.07, 6.45) is 5.42. The highest BCUT2D eigenvalue weighted by Crippen LogP contribution is 2.28. The summed E-state index contributed by atoms with van der Waals surface area (Å²) in [6, 6.07) is 8.31. The summed E-state index contributed by atoms with van der Waals surface area (Å²) in [4.78, 5) is 29.4. The Bertz CT molecular complexity index is 1130. The molecule has 1 saturated heterocycles. The lowest BCUT2D eigenvalue weighted by molar-refractivity contribution is -0.129. The number of carbonyl (C=O) groups is 1. The number of amides is 1. The minimum absolute atomic E-state index is 0.0982. The SMILES string of the molecule is CN1CCN(c2cc(C3=NCc4ccc(-c5cnn(C)c5)cc43)ncn2)CC1=O. The van der Waals surface area contributed by atoms with Gasteiger partial charge in [0, 0.05) is 50.6 Å². The molecule has 0 unspecified atom stereocenters. The average molecular weight is 387 g/mol. The third-order valence-corrected chi connectivity index (χ3v) is 5.49. The molecule has 4 heterocycles. The van der Waals surface area contributed by atoms with Gasteiger partial charge in [0.2, 0.25) is 5.91 Å². The second kappa shape index (κ2) is 6.80. The minimum atomic E-state index is 0.0982. The number of anilines is 1. The quantitative estimate of drug-likeness (QED) is 0.681. The second-order valence-electron chi connectivity index (χ2n) is 7.44. The molecular weight excluding hydrogens is 366 g/mol. The second-order valence-corrected chi connectivity index (χ2v) is 7.44. The zero-order valence-electron chi connectivity index (χ0n) is 16.4. The van der Waals surface area contributed by atoms with Crippen molar-refractivity contribution in [1.82, 2.24) is 24.6 Å². The van der Waals surface area contributed by atoms with Gasteiger partial charge in [0.05, 0.1) is 30.7 Å². The van der Waals surface area contributed by atoms with E-state index in [9.17, 15) is 4.79 Å². The van der Waals surface area contributed by atoms with Crippen LogP contribution in [0.2, 0.25) is 0 Å². The average Bonchev–Trinajstić information content (AvgIpc) is 3.36. The molecule has 0 atom stereocenters. The van der Waals surface area contributed by atoms with Crippen LogP contribution in [0.3, 0.4) is 0 Å². The van der Waals surface area contributed by atoms with Crippen molar-refractivity contribution in [3.63, 3.8) is 0 Å². The molecular formula is C21H21N7O. The first kappa shape index (κ1) is 17.5. The minimum Gasteiger partial charge on any atom is -0.345 e. The van der Waals surface area contributed by atoms with Crippen molar-refractivity contribution >= 4 is 17.4 Å². The van der Waals surface area contributed by atoms with Crippen LogP contribution in [0.1, 0.15) is 16.8 Å². The van der Waals surface area contributed by atoms with Gasteiger partial charge in [0.1, 0.15) is 12.1 Å². The van der Waals surface area contributed by atoms with Crippen LogP contribution in [0.15, 0.2) is 48.0 Å². The molecule has 0 aliphatic carbocycles. The molecule has 8 nitrogen and oxygen atoms in total. The molecule has 0 saturated carbocycles. The number of aliphatic imine (C=N–C) groups is 1. The molecule has 1 aromatic carbocycles. The lowest BCUT2D eigenvalue weighted by atomic mass is 9.98. The highest BCUT2D eigenvalue weighted by Gasteiger charge is 2.24. The van der Waals surface area contributed by atoms with E-state index in [4.69, 9.17) is 4.99 Å². The summed E-state index contributed by atoms with van der Waals surface area (Å²) >= 11 is 0. The van der Waals surface area contributed by atoms with E-state index >= 15 is 0 Å². The fourth-order valence-electron chi connectivity index (χ4n) is 3.76. The molecule has 0 radical (unpaired) electrons. The topological polar surface area (TPSA) is 79.5 Å². The Balaban J connectivity index is 1.47. The van der Waals surface area contributed by atoms with Crippen LogP contribution in [-0.2, 0) is 18.4 Å². The molecule has 3 aromatic rings. The van der Waals surface area contributed by atoms with Crippen molar-refractivity contribution in [2.24, 2.45) is 12.0 Å². The van der Waals surface area contributed by atoms with E-state index in [1.807, 2.05) is 37.5 Å². The molecule has 8 heteroatoms. The molecule has 5 rings (SSSR count). The standard InChI is InChI=1S/C21H21N7O/c1-26-5-6-28(12-20(26)29)19-8-18(23-13-24-19)21-17-7-14(3-4-15(17)9-22-21)16-10-25-27(2)11-16/h3-4,7-8,10-11,13H,5-6,9,12H2,1-2H3. The normalized spacial score (nSPS) is 16.2. The zero-order chi connectivity index (χ0) is 20.0. The summed E-state index contributed by atoms with van der Waals surface area (Å²) in [5, 5.41) is 4.27. The van der Waals surface area contributed by atoms with E-state index in [2.05, 4.69) is 33.3 Å². The fourth-order valence-corrected chi connectivity index (χ4v) is 3.76. The van der Waals surface area contributed by atoms with Crippen LogP contribution in [0, 0.1) is 0 Å². The van der Waals surface area contributed by atoms with Crippen LogP contribution in [0.5, 0.6) is 0 Å². The van der Waals surface area contributed by atoms with E-state index in [1.54, 1.807) is 15.9 Å². The highest BCUT2D eigenvalue weighted by molar-refractivity contribution is 6.14. The summed E-state index contributed by atoms with van der Waals surface area (Å²) in [6.45, 7) is 2.43. The number of hydrogen-bond donors (Lipinski definition) is 0. The summed E-state index contributed by atoms with van der Waals surface area (Å²) in [5.41, 5.74) is 6.10. The number of hydrogen-bond acceptors (Lipinski definition) is 6. The Labute approximate surface area is 168 Å². The Morgan fingerprint density at radius 1 is 1.03 bits per heavy atom. The van der Waals surface area contributed by atoms with Crippen LogP contribution in [-0.4, -0.2) is 62.9 Å². The first-order valence-corrected chi connectivity index (χ1v) is 9.56. The van der Waals surface area contributed by atoms with Gasteiger partial charge in [0.25, 0.3) is 0 Å². The van der Waals surface area contributed by atoms with Crippen LogP contribution < -0.4 is 4.90 Å². The lowest BCUT2D eigenvalue weighted by Crippen LogP contribution is -2.48. The van der Waals surface area contributed by atoms with Crippen molar-refractivity contribution in [2.45, 2.75) is 6.54 Å². The summed E-state index contributed by atoms with van der Waals surface area (Å²) < 4.78 is 1.80. The first-order chi connectivity index (χ1) is 14.1. The molecule has 0 N–H and O–H groups in total. The molecule has 2 aliphatic heterocycles. The molecule has 29 heavy (non-hydrogen) atoms. The third-order valence-electron chi connectivity index (χ3n) is 5.49. The third kappa shape index (κ3) is 3.16. The van der Waals surface area contributed by atoms with Crippen molar-refractivity contribution < 1.29 is 4.79 Å². The van der Waals surface area contributed by atoms with E-state index in [1.165, 1.54) is 5.56 Å². The largest absolute Gasteiger partial charge is 0.345 e. The molecule has 2 aliphatic rings. The number of aryl methyl sites for hydroxylation is 1. The van der Waals surface area contributed by atoms with Crippen molar-refractivity contribution in [3.8, 4) is 11.1 Å². The number of carbonyl (C=O) groups excluding carboxylic acids is 1. The Morgan fingerprint density at radius 2 is 1.93 bits per heavy atom. The van der Waals surface area contributed by atoms with Crippen molar-refractivity contribution in [3.05, 3.63) is 59.8 Å². The maximum absolute atomic E-state index is 12.1. The first-order valence-electron chi connectivity index (χ1n) is 9.56. The van der Waals surface area contributed by atoms with Gasteiger partial charge in [-0.1, -0.05) is 12.1 Å². The summed E-state index contributed by atoms with van der Waals surface area (Å²) in [5.74, 6) is 0.858. The predicted octanol–water partition coefficient (Wildman–Crippen LogP) is 1.51. The monoisotopic (exact) mass is 387 g/mol. The molecule has 0 bridgehead atoms. The number of fused-ring (bicyclic) bond motifs is 1. The Morgan fingerprint density at radius 3 is 2.72 bits per heavy atom. The molecule has 1 fully saturated rings. The zero-order valence-corrected chi connectivity index (χ0v) is 16.4. The number of aromatic nitrogens is 4. The predicted molar refractivity (Wildman–Crippen MR) is 110 cm³/mol. The van der Waals surface area contributed by atoms with Crippen molar-refractivity contribution in [2.75, 3.05) is 31.6 Å². The van der Waals surface area contributed by atoms with Gasteiger partial charge in [-0.25, -0.2) is 9.97 Å². The van der Waals surface area contributed by atoms with Crippen LogP contribution >= 0.6 is 0 Å². The van der Waals surface area contributed by atoms with E-state index in [-0.39, 0.29) is 5.91 Å². The van der Waals surface area contributed by atoms with Crippen LogP contribution in [0.4, 0.5) is 5.82 Å². The van der Waals surface area contributed by atoms with E-state index < -0.39 is 0 Å². The fraction of sp³-hybridized carbons (Fsp3) is 0.286. The molecule has 1 amide bonds. The smallest absolute Gasteiger partial charge is 0.241 e. The maximum Gasteiger partial charge on any atom is 0.241 e. The Hall–Kier alpha value is -3.55. The van der Waals surface area contributed by atoms with Crippen LogP contribution in [0.25, 0.3) is 11.1 Å². The van der Waals surface area contributed by atoms with Gasteiger partial charge < -0.3 is 9.80 Å². The number of rotatable bonds is 3. The van der Waals surface area contributed by atoms with E-state index in [0.29, 0.717) is 19.6 Å². The van der Waals surface area contributed by atoms with Gasteiger partial charge in [0.15, 0.2) is 0 Å². The van der Waals surface area contributed by atoms with Gasteiger partial charge in [-0.05, 0) is 17.2 Å². The van der Waals surface area contributed by atoms with Gasteiger partial charge in [-0.3, -0.25) is 14.5 Å². The summed E-state index contributed by atoms with van der Waals surface area (Å²) in [7, 11) is 3.74. The molecule has 146 valence electrons. The van der Waals surface area contributed by atoms with E-state index in [0.717, 1.165) is 40.5 Å². The number of likely N-dealkylation sites (N-methyl/N-ethyl adjacent to an activating group) is 1. The lowest BCUT2D eigenvalue weighted by Gasteiger charge is -2.32. The van der Waals surface area contributed by atoms with Gasteiger partial charge in [-0.15, -0.1) is 0 Å².